The summed E-state index contributed by atoms with van der Waals surface area (Å²) >= 11 is 0. The van der Waals surface area contributed by atoms with Gasteiger partial charge in [0.15, 0.2) is 0 Å². The summed E-state index contributed by atoms with van der Waals surface area (Å²) in [5, 5.41) is 0. The number of hydrogen-bond acceptors (Lipinski definition) is 2. The Balaban J connectivity index is 2.42. The van der Waals surface area contributed by atoms with Crippen LogP contribution in [0.15, 0.2) is 23.4 Å². The van der Waals surface area contributed by atoms with Gasteiger partial charge in [-0.1, -0.05) is 19.8 Å². The number of aryl methyl sites for hydroxylation is 1. The van der Waals surface area contributed by atoms with Crippen molar-refractivity contribution >= 4 is 0 Å². The van der Waals surface area contributed by atoms with Crippen molar-refractivity contribution in [3.63, 3.8) is 0 Å². The molecule has 1 aromatic heterocycles. The summed E-state index contributed by atoms with van der Waals surface area (Å²) in [5.74, 6) is 0. The third-order valence-corrected chi connectivity index (χ3v) is 1.76. The molecule has 1 rings (SSSR count). The first-order valence-electron chi connectivity index (χ1n) is 4.35. The highest BCUT2D eigenvalue weighted by Crippen LogP contribution is 1.96. The van der Waals surface area contributed by atoms with Gasteiger partial charge in [-0.25, -0.2) is 0 Å². The molecule has 0 N–H and O–H groups in total. The lowest BCUT2D eigenvalue weighted by molar-refractivity contribution is 0.591. The lowest BCUT2D eigenvalue weighted by Crippen LogP contribution is -2.08. The van der Waals surface area contributed by atoms with Gasteiger partial charge in [-0.15, -0.1) is 0 Å². The molecule has 0 aliphatic rings. The van der Waals surface area contributed by atoms with E-state index in [1.165, 1.54) is 18.9 Å². The van der Waals surface area contributed by atoms with E-state index in [1.54, 1.807) is 12.5 Å². The Kier molecular flexibility index (Phi) is 3.51. The summed E-state index contributed by atoms with van der Waals surface area (Å²) in [4.78, 5) is 14.3. The van der Waals surface area contributed by atoms with E-state index in [1.807, 2.05) is 4.57 Å². The minimum absolute atomic E-state index is 0.165. The molecule has 0 aromatic carbocycles. The number of unbranched alkanes of at least 4 members (excludes halogenated alkanes) is 2. The number of rotatable bonds is 4. The van der Waals surface area contributed by atoms with Gasteiger partial charge >= 0.3 is 0 Å². The Bertz CT molecular complexity index is 260. The third-order valence-electron chi connectivity index (χ3n) is 1.76. The molecule has 0 saturated carbocycles. The Hall–Kier alpha value is -1.12. The number of aromatic nitrogens is 2. The molecule has 0 spiro atoms. The Morgan fingerprint density at radius 3 is 2.92 bits per heavy atom. The van der Waals surface area contributed by atoms with Crippen LogP contribution in [-0.2, 0) is 6.54 Å². The van der Waals surface area contributed by atoms with E-state index in [-0.39, 0.29) is 5.56 Å². The molecule has 0 fully saturated rings. The van der Waals surface area contributed by atoms with Crippen molar-refractivity contribution in [3.05, 3.63) is 28.9 Å². The molecule has 0 atom stereocenters. The van der Waals surface area contributed by atoms with E-state index in [9.17, 15) is 4.79 Å². The zero-order valence-electron chi connectivity index (χ0n) is 7.36. The first-order valence-corrected chi connectivity index (χ1v) is 4.35. The van der Waals surface area contributed by atoms with Crippen molar-refractivity contribution in [3.8, 4) is 0 Å². The van der Waals surface area contributed by atoms with Crippen molar-refractivity contribution in [1.82, 2.24) is 9.55 Å². The van der Waals surface area contributed by atoms with Crippen LogP contribution in [0.4, 0.5) is 0 Å². The predicted octanol–water partition coefficient (Wildman–Crippen LogP) is 1.43. The highest BCUT2D eigenvalue weighted by atomic mass is 16.1. The Morgan fingerprint density at radius 1 is 1.50 bits per heavy atom. The average molecular weight is 166 g/mol. The smallest absolute Gasteiger partial charge is 0.272 e. The van der Waals surface area contributed by atoms with E-state index in [2.05, 4.69) is 11.9 Å². The van der Waals surface area contributed by atoms with Gasteiger partial charge in [-0.05, 0) is 6.42 Å². The zero-order chi connectivity index (χ0) is 8.81. The molecular formula is C9H14N2O. The Morgan fingerprint density at radius 2 is 2.33 bits per heavy atom. The van der Waals surface area contributed by atoms with Crippen LogP contribution in [0.3, 0.4) is 0 Å². The molecule has 0 aliphatic carbocycles. The number of nitrogens with zero attached hydrogens (tertiary/aromatic N) is 2. The lowest BCUT2D eigenvalue weighted by Gasteiger charge is -2.02. The first kappa shape index (κ1) is 8.97. The van der Waals surface area contributed by atoms with Crippen LogP contribution in [0.25, 0.3) is 0 Å². The molecule has 1 heterocycles. The lowest BCUT2D eigenvalue weighted by atomic mass is 10.2. The topological polar surface area (TPSA) is 34.9 Å². The van der Waals surface area contributed by atoms with Crippen LogP contribution < -0.4 is 5.56 Å². The van der Waals surface area contributed by atoms with Crippen molar-refractivity contribution < 1.29 is 0 Å². The third kappa shape index (κ3) is 2.86. The maximum atomic E-state index is 10.6. The van der Waals surface area contributed by atoms with Gasteiger partial charge in [-0.2, -0.15) is 4.98 Å². The van der Waals surface area contributed by atoms with Crippen molar-refractivity contribution in [1.29, 1.82) is 0 Å². The fraction of sp³-hybridized carbons (Fsp3) is 0.556. The molecule has 1 aromatic rings. The fourth-order valence-corrected chi connectivity index (χ4v) is 1.05. The largest absolute Gasteiger partial charge is 0.339 e. The minimum atomic E-state index is -0.165. The molecule has 0 bridgehead atoms. The van der Waals surface area contributed by atoms with E-state index in [4.69, 9.17) is 0 Å². The Labute approximate surface area is 72.1 Å². The maximum absolute atomic E-state index is 10.6. The molecule has 0 aliphatic heterocycles. The quantitative estimate of drug-likeness (QED) is 0.634. The number of hydrogen-bond donors (Lipinski definition) is 0. The summed E-state index contributed by atoms with van der Waals surface area (Å²) in [6.45, 7) is 3.13. The van der Waals surface area contributed by atoms with Crippen LogP contribution in [0.1, 0.15) is 26.2 Å². The molecule has 3 heteroatoms. The SMILES string of the molecule is CCCCCn1ccc(=O)nc1. The molecule has 3 nitrogen and oxygen atoms in total. The minimum Gasteiger partial charge on any atom is -0.339 e. The highest BCUT2D eigenvalue weighted by molar-refractivity contribution is 4.81. The van der Waals surface area contributed by atoms with Crippen molar-refractivity contribution in [2.75, 3.05) is 0 Å². The summed E-state index contributed by atoms with van der Waals surface area (Å²) in [6, 6.07) is 1.49. The molecule has 0 amide bonds. The van der Waals surface area contributed by atoms with Crippen LogP contribution in [0.2, 0.25) is 0 Å². The maximum Gasteiger partial charge on any atom is 0.272 e. The molecule has 0 radical (unpaired) electrons. The second-order valence-corrected chi connectivity index (χ2v) is 2.84. The van der Waals surface area contributed by atoms with E-state index >= 15 is 0 Å². The predicted molar refractivity (Wildman–Crippen MR) is 48.0 cm³/mol. The van der Waals surface area contributed by atoms with Crippen molar-refractivity contribution in [2.45, 2.75) is 32.7 Å². The molecule has 12 heavy (non-hydrogen) atoms. The molecule has 66 valence electrons. The summed E-state index contributed by atoms with van der Waals surface area (Å²) < 4.78 is 1.94. The molecule has 0 saturated heterocycles. The second-order valence-electron chi connectivity index (χ2n) is 2.84. The first-order chi connectivity index (χ1) is 5.83. The van der Waals surface area contributed by atoms with Crippen LogP contribution >= 0.6 is 0 Å². The second kappa shape index (κ2) is 4.70. The van der Waals surface area contributed by atoms with Crippen molar-refractivity contribution in [2.24, 2.45) is 0 Å². The van der Waals surface area contributed by atoms with Crippen LogP contribution in [0.5, 0.6) is 0 Å². The average Bonchev–Trinajstić information content (AvgIpc) is 2.09. The normalized spacial score (nSPS) is 10.1. The van der Waals surface area contributed by atoms with Gasteiger partial charge in [0.05, 0.1) is 6.33 Å². The fourth-order valence-electron chi connectivity index (χ4n) is 1.05. The van der Waals surface area contributed by atoms with Crippen LogP contribution in [0, 0.1) is 0 Å². The van der Waals surface area contributed by atoms with Gasteiger partial charge in [0, 0.05) is 18.8 Å². The summed E-state index contributed by atoms with van der Waals surface area (Å²) in [7, 11) is 0. The van der Waals surface area contributed by atoms with Gasteiger partial charge in [0.1, 0.15) is 0 Å². The molecule has 0 unspecified atom stereocenters. The monoisotopic (exact) mass is 166 g/mol. The summed E-state index contributed by atoms with van der Waals surface area (Å²) in [5.41, 5.74) is -0.165. The standard InChI is InChI=1S/C9H14N2O/c1-2-3-4-6-11-7-5-9(12)10-8-11/h5,7-8H,2-4,6H2,1H3. The summed E-state index contributed by atoms with van der Waals surface area (Å²) in [6.07, 6.45) is 6.98. The van der Waals surface area contributed by atoms with Gasteiger partial charge in [0.25, 0.3) is 5.56 Å². The highest BCUT2D eigenvalue weighted by Gasteiger charge is 1.89. The van der Waals surface area contributed by atoms with Crippen LogP contribution in [-0.4, -0.2) is 9.55 Å². The van der Waals surface area contributed by atoms with E-state index < -0.39 is 0 Å². The van der Waals surface area contributed by atoms with E-state index in [0.29, 0.717) is 0 Å². The zero-order valence-corrected chi connectivity index (χ0v) is 7.36. The molecular weight excluding hydrogens is 152 g/mol. The van der Waals surface area contributed by atoms with Gasteiger partial charge in [-0.3, -0.25) is 4.79 Å². The van der Waals surface area contributed by atoms with E-state index in [0.717, 1.165) is 13.0 Å². The van der Waals surface area contributed by atoms with Gasteiger partial charge < -0.3 is 4.57 Å². The van der Waals surface area contributed by atoms with Gasteiger partial charge in [0.2, 0.25) is 0 Å².